The van der Waals surface area contributed by atoms with Crippen LogP contribution in [-0.4, -0.2) is 34.6 Å². The third kappa shape index (κ3) is 4.72. The number of carbonyl (C=O) groups excluding carboxylic acids is 2. The number of anilines is 1. The third-order valence-electron chi connectivity index (χ3n) is 4.29. The highest BCUT2D eigenvalue weighted by atomic mass is 32.2. The van der Waals surface area contributed by atoms with Crippen LogP contribution in [0.4, 0.5) is 15.8 Å². The van der Waals surface area contributed by atoms with Crippen LogP contribution >= 0.6 is 11.8 Å². The van der Waals surface area contributed by atoms with Gasteiger partial charge in [0.2, 0.25) is 0 Å². The minimum absolute atomic E-state index is 0.0133. The van der Waals surface area contributed by atoms with Crippen LogP contribution in [0.1, 0.15) is 40.4 Å². The molecular weight excluding hydrogens is 415 g/mol. The quantitative estimate of drug-likeness (QED) is 0.306. The van der Waals surface area contributed by atoms with E-state index in [-0.39, 0.29) is 22.7 Å². The molecule has 1 N–H and O–H groups in total. The molecule has 0 bridgehead atoms. The number of benzene rings is 1. The van der Waals surface area contributed by atoms with Gasteiger partial charge in [-0.1, -0.05) is 0 Å². The second-order valence-corrected chi connectivity index (χ2v) is 7.20. The Bertz CT molecular complexity index is 1080. The number of pyridine rings is 1. The first-order valence-corrected chi connectivity index (χ1v) is 9.96. The van der Waals surface area contributed by atoms with Gasteiger partial charge in [-0.2, -0.15) is 5.26 Å². The molecule has 1 saturated carbocycles. The van der Waals surface area contributed by atoms with Crippen LogP contribution in [0.3, 0.4) is 0 Å². The summed E-state index contributed by atoms with van der Waals surface area (Å²) in [5.41, 5.74) is -0.0958. The zero-order valence-electron chi connectivity index (χ0n) is 15.7. The van der Waals surface area contributed by atoms with Crippen LogP contribution in [0.25, 0.3) is 0 Å². The lowest BCUT2D eigenvalue weighted by atomic mass is 10.1. The molecule has 1 amide bonds. The third-order valence-corrected chi connectivity index (χ3v) is 4.97. The topological polar surface area (TPSA) is 135 Å². The Kier molecular flexibility index (Phi) is 6.27. The van der Waals surface area contributed by atoms with Gasteiger partial charge in [0.15, 0.2) is 6.61 Å². The molecule has 1 aliphatic rings. The monoisotopic (exact) mass is 430 g/mol. The molecule has 0 aliphatic heterocycles. The average molecular weight is 430 g/mol. The van der Waals surface area contributed by atoms with Crippen molar-refractivity contribution in [2.45, 2.75) is 23.8 Å². The van der Waals surface area contributed by atoms with Gasteiger partial charge in [-0.15, -0.1) is 11.8 Å². The normalized spacial score (nSPS) is 12.7. The first-order valence-electron chi connectivity index (χ1n) is 8.74. The van der Waals surface area contributed by atoms with Crippen LogP contribution in [0, 0.1) is 27.3 Å². The number of thioether (sulfide) groups is 1. The lowest BCUT2D eigenvalue weighted by Gasteiger charge is -2.11. The lowest BCUT2D eigenvalue weighted by molar-refractivity contribution is -0.384. The van der Waals surface area contributed by atoms with E-state index < -0.39 is 34.9 Å². The molecule has 11 heteroatoms. The number of carbonyl (C=O) groups is 2. The van der Waals surface area contributed by atoms with Gasteiger partial charge in [-0.05, 0) is 37.3 Å². The fraction of sp³-hybridized carbons (Fsp3) is 0.263. The second kappa shape index (κ2) is 8.87. The van der Waals surface area contributed by atoms with Gasteiger partial charge >= 0.3 is 5.97 Å². The van der Waals surface area contributed by atoms with Crippen molar-refractivity contribution in [3.63, 3.8) is 0 Å². The van der Waals surface area contributed by atoms with E-state index in [1.54, 1.807) is 6.26 Å². The van der Waals surface area contributed by atoms with E-state index >= 15 is 0 Å². The highest BCUT2D eigenvalue weighted by Crippen LogP contribution is 2.40. The maximum atomic E-state index is 13.2. The van der Waals surface area contributed by atoms with Crippen molar-refractivity contribution < 1.29 is 23.6 Å². The summed E-state index contributed by atoms with van der Waals surface area (Å²) in [5.74, 6) is -2.32. The molecular formula is C19H15FN4O5S. The van der Waals surface area contributed by atoms with Crippen LogP contribution in [0.5, 0.6) is 0 Å². The maximum absolute atomic E-state index is 13.2. The van der Waals surface area contributed by atoms with Gasteiger partial charge in [0.25, 0.3) is 11.6 Å². The van der Waals surface area contributed by atoms with Crippen molar-refractivity contribution >= 4 is 35.0 Å². The smallest absolute Gasteiger partial charge is 0.340 e. The lowest BCUT2D eigenvalue weighted by Crippen LogP contribution is -2.22. The Morgan fingerprint density at radius 3 is 2.77 bits per heavy atom. The number of nitriles is 1. The summed E-state index contributed by atoms with van der Waals surface area (Å²) in [6.07, 6.45) is 3.62. The van der Waals surface area contributed by atoms with Gasteiger partial charge in [0.1, 0.15) is 22.6 Å². The standard InChI is InChI=1S/C19H15FN4O5S/c1-30-18-13(8-21)12(7-15(23-18)10-2-3-10)19(26)29-9-17(25)22-14-5-4-11(20)6-16(14)24(27)28/h4-7,10H,2-3,9H2,1H3,(H,22,25). The van der Waals surface area contributed by atoms with E-state index in [0.29, 0.717) is 16.8 Å². The Morgan fingerprint density at radius 2 is 2.17 bits per heavy atom. The number of aromatic nitrogens is 1. The molecule has 0 spiro atoms. The van der Waals surface area contributed by atoms with Crippen molar-refractivity contribution in [3.8, 4) is 6.07 Å². The van der Waals surface area contributed by atoms with Gasteiger partial charge < -0.3 is 10.1 Å². The van der Waals surface area contributed by atoms with Gasteiger partial charge in [0.05, 0.1) is 22.1 Å². The molecule has 154 valence electrons. The van der Waals surface area contributed by atoms with Crippen molar-refractivity contribution in [2.24, 2.45) is 0 Å². The number of hydrogen-bond acceptors (Lipinski definition) is 8. The summed E-state index contributed by atoms with van der Waals surface area (Å²) in [5, 5.41) is 23.0. The summed E-state index contributed by atoms with van der Waals surface area (Å²) in [6, 6.07) is 6.10. The van der Waals surface area contributed by atoms with Crippen molar-refractivity contribution in [3.05, 3.63) is 57.0 Å². The number of halogens is 1. The van der Waals surface area contributed by atoms with Gasteiger partial charge in [-0.25, -0.2) is 14.2 Å². The van der Waals surface area contributed by atoms with Crippen molar-refractivity contribution in [2.75, 3.05) is 18.2 Å². The van der Waals surface area contributed by atoms with Crippen LogP contribution in [-0.2, 0) is 9.53 Å². The first-order chi connectivity index (χ1) is 14.3. The number of amides is 1. The summed E-state index contributed by atoms with van der Waals surface area (Å²) in [6.45, 7) is -0.742. The fourth-order valence-corrected chi connectivity index (χ4v) is 3.26. The minimum Gasteiger partial charge on any atom is -0.452 e. The summed E-state index contributed by atoms with van der Waals surface area (Å²) in [7, 11) is 0. The zero-order chi connectivity index (χ0) is 21.8. The second-order valence-electron chi connectivity index (χ2n) is 6.41. The minimum atomic E-state index is -0.880. The van der Waals surface area contributed by atoms with Gasteiger partial charge in [0, 0.05) is 11.6 Å². The van der Waals surface area contributed by atoms with Crippen molar-refractivity contribution in [1.29, 1.82) is 5.26 Å². The van der Waals surface area contributed by atoms with Crippen molar-refractivity contribution in [1.82, 2.24) is 4.98 Å². The predicted octanol–water partition coefficient (Wildman–Crippen LogP) is 3.40. The molecule has 3 rings (SSSR count). The van der Waals surface area contributed by atoms with E-state index in [9.17, 15) is 29.4 Å². The largest absolute Gasteiger partial charge is 0.452 e. The number of nitrogens with zero attached hydrogens (tertiary/aromatic N) is 3. The zero-order valence-corrected chi connectivity index (χ0v) is 16.5. The van der Waals surface area contributed by atoms with Crippen LogP contribution in [0.2, 0.25) is 0 Å². The van der Waals surface area contributed by atoms with E-state index in [1.165, 1.54) is 17.8 Å². The molecule has 0 radical (unpaired) electrons. The van der Waals surface area contributed by atoms with E-state index in [0.717, 1.165) is 25.0 Å². The van der Waals surface area contributed by atoms with Crippen LogP contribution < -0.4 is 5.32 Å². The molecule has 9 nitrogen and oxygen atoms in total. The average Bonchev–Trinajstić information content (AvgIpc) is 3.57. The number of nitrogens with one attached hydrogen (secondary N) is 1. The Balaban J connectivity index is 1.73. The molecule has 1 aliphatic carbocycles. The molecule has 0 atom stereocenters. The van der Waals surface area contributed by atoms with E-state index in [1.807, 2.05) is 6.07 Å². The predicted molar refractivity (Wildman–Crippen MR) is 105 cm³/mol. The molecule has 30 heavy (non-hydrogen) atoms. The summed E-state index contributed by atoms with van der Waals surface area (Å²) in [4.78, 5) is 39.2. The number of ether oxygens (including phenoxy) is 1. The highest BCUT2D eigenvalue weighted by molar-refractivity contribution is 7.98. The Morgan fingerprint density at radius 1 is 1.43 bits per heavy atom. The molecule has 1 fully saturated rings. The fourth-order valence-electron chi connectivity index (χ4n) is 2.70. The molecule has 1 heterocycles. The van der Waals surface area contributed by atoms with E-state index in [4.69, 9.17) is 4.74 Å². The van der Waals surface area contributed by atoms with Crippen LogP contribution in [0.15, 0.2) is 29.3 Å². The molecule has 1 aromatic heterocycles. The SMILES string of the molecule is CSc1nc(C2CC2)cc(C(=O)OCC(=O)Nc2ccc(F)cc2[N+](=O)[O-])c1C#N. The van der Waals surface area contributed by atoms with E-state index in [2.05, 4.69) is 10.3 Å². The number of nitro groups is 1. The number of rotatable bonds is 7. The number of esters is 1. The maximum Gasteiger partial charge on any atom is 0.340 e. The number of nitro benzene ring substituents is 1. The number of hydrogen-bond donors (Lipinski definition) is 1. The molecule has 2 aromatic rings. The molecule has 0 unspecified atom stereocenters. The first kappa shape index (κ1) is 21.2. The Labute approximate surface area is 174 Å². The summed E-state index contributed by atoms with van der Waals surface area (Å²) >= 11 is 1.23. The van der Waals surface area contributed by atoms with Gasteiger partial charge in [-0.3, -0.25) is 14.9 Å². The highest BCUT2D eigenvalue weighted by Gasteiger charge is 2.29. The molecule has 0 saturated heterocycles. The molecule has 1 aromatic carbocycles. The summed E-state index contributed by atoms with van der Waals surface area (Å²) < 4.78 is 18.2. The Hall–Kier alpha value is -3.52.